The standard InChI is InChI=1S/C17H20N6O/c1-11-10-12(2)23(21-11)13(3)17(24)20-15-6-5-7-19-16(15)22-9-8-18-14(22)4/h5-10,13H,1-4H3,(H,20,24). The Morgan fingerprint density at radius 2 is 2.00 bits per heavy atom. The number of rotatable bonds is 4. The Morgan fingerprint density at radius 1 is 1.21 bits per heavy atom. The quantitative estimate of drug-likeness (QED) is 0.800. The predicted molar refractivity (Wildman–Crippen MR) is 91.1 cm³/mol. The molecule has 0 radical (unpaired) electrons. The number of hydrogen-bond acceptors (Lipinski definition) is 4. The predicted octanol–water partition coefficient (Wildman–Crippen LogP) is 2.59. The summed E-state index contributed by atoms with van der Waals surface area (Å²) in [6.07, 6.45) is 5.21. The van der Waals surface area contributed by atoms with Gasteiger partial charge in [-0.15, -0.1) is 0 Å². The molecule has 0 bridgehead atoms. The highest BCUT2D eigenvalue weighted by molar-refractivity contribution is 5.94. The molecule has 1 unspecified atom stereocenters. The second-order valence-electron chi connectivity index (χ2n) is 5.76. The van der Waals surface area contributed by atoms with Gasteiger partial charge >= 0.3 is 0 Å². The number of nitrogens with one attached hydrogen (secondary N) is 1. The van der Waals surface area contributed by atoms with Gasteiger partial charge in [-0.05, 0) is 45.9 Å². The normalized spacial score (nSPS) is 12.2. The molecule has 24 heavy (non-hydrogen) atoms. The van der Waals surface area contributed by atoms with Crippen molar-refractivity contribution in [1.29, 1.82) is 0 Å². The van der Waals surface area contributed by atoms with Crippen LogP contribution >= 0.6 is 0 Å². The Hall–Kier alpha value is -2.96. The maximum Gasteiger partial charge on any atom is 0.249 e. The number of amides is 1. The lowest BCUT2D eigenvalue weighted by Crippen LogP contribution is -2.26. The van der Waals surface area contributed by atoms with Crippen LogP contribution < -0.4 is 5.32 Å². The average molecular weight is 324 g/mol. The summed E-state index contributed by atoms with van der Waals surface area (Å²) < 4.78 is 3.56. The van der Waals surface area contributed by atoms with Gasteiger partial charge in [0, 0.05) is 24.3 Å². The fourth-order valence-corrected chi connectivity index (χ4v) is 2.67. The minimum atomic E-state index is -0.421. The SMILES string of the molecule is Cc1cc(C)n(C(C)C(=O)Nc2cccnc2-n2ccnc2C)n1. The summed E-state index contributed by atoms with van der Waals surface area (Å²) >= 11 is 0. The van der Waals surface area contributed by atoms with Crippen molar-refractivity contribution in [2.24, 2.45) is 0 Å². The molecular weight excluding hydrogens is 304 g/mol. The summed E-state index contributed by atoms with van der Waals surface area (Å²) in [6.45, 7) is 7.56. The van der Waals surface area contributed by atoms with E-state index in [0.29, 0.717) is 11.5 Å². The van der Waals surface area contributed by atoms with Gasteiger partial charge < -0.3 is 5.32 Å². The van der Waals surface area contributed by atoms with E-state index in [2.05, 4.69) is 20.4 Å². The van der Waals surface area contributed by atoms with Crippen LogP contribution in [0.25, 0.3) is 5.82 Å². The lowest BCUT2D eigenvalue weighted by atomic mass is 10.2. The van der Waals surface area contributed by atoms with E-state index in [4.69, 9.17) is 0 Å². The van der Waals surface area contributed by atoms with Gasteiger partial charge in [0.25, 0.3) is 0 Å². The molecular formula is C17H20N6O. The highest BCUT2D eigenvalue weighted by Crippen LogP contribution is 2.20. The number of carbonyl (C=O) groups excluding carboxylic acids is 1. The Labute approximate surface area is 140 Å². The van der Waals surface area contributed by atoms with E-state index < -0.39 is 6.04 Å². The summed E-state index contributed by atoms with van der Waals surface area (Å²) in [6, 6.07) is 5.15. The van der Waals surface area contributed by atoms with E-state index in [1.807, 2.05) is 50.6 Å². The first-order valence-electron chi connectivity index (χ1n) is 7.76. The van der Waals surface area contributed by atoms with E-state index in [-0.39, 0.29) is 5.91 Å². The van der Waals surface area contributed by atoms with E-state index in [1.54, 1.807) is 23.1 Å². The Balaban J connectivity index is 1.88. The summed E-state index contributed by atoms with van der Waals surface area (Å²) in [5, 5.41) is 7.33. The zero-order valence-electron chi connectivity index (χ0n) is 14.2. The van der Waals surface area contributed by atoms with E-state index in [0.717, 1.165) is 17.2 Å². The summed E-state index contributed by atoms with van der Waals surface area (Å²) in [7, 11) is 0. The van der Waals surface area contributed by atoms with Crippen LogP contribution in [0, 0.1) is 20.8 Å². The first kappa shape index (κ1) is 15.9. The van der Waals surface area contributed by atoms with Crippen molar-refractivity contribution in [3.63, 3.8) is 0 Å². The lowest BCUT2D eigenvalue weighted by Gasteiger charge is -2.16. The Morgan fingerprint density at radius 3 is 2.62 bits per heavy atom. The number of nitrogens with zero attached hydrogens (tertiary/aromatic N) is 5. The minimum absolute atomic E-state index is 0.145. The number of aryl methyl sites for hydroxylation is 3. The molecule has 124 valence electrons. The van der Waals surface area contributed by atoms with Gasteiger partial charge in [-0.3, -0.25) is 14.0 Å². The third-order valence-corrected chi connectivity index (χ3v) is 3.89. The zero-order valence-corrected chi connectivity index (χ0v) is 14.2. The van der Waals surface area contributed by atoms with Crippen LogP contribution in [-0.4, -0.2) is 30.2 Å². The molecule has 0 saturated heterocycles. The highest BCUT2D eigenvalue weighted by atomic mass is 16.2. The van der Waals surface area contributed by atoms with Crippen LogP contribution in [0.3, 0.4) is 0 Å². The fraction of sp³-hybridized carbons (Fsp3) is 0.294. The summed E-state index contributed by atoms with van der Waals surface area (Å²) in [5.74, 6) is 1.30. The minimum Gasteiger partial charge on any atom is -0.321 e. The monoisotopic (exact) mass is 324 g/mol. The number of imidazole rings is 1. The molecule has 0 aliphatic heterocycles. The van der Waals surface area contributed by atoms with Gasteiger partial charge in [-0.25, -0.2) is 9.97 Å². The van der Waals surface area contributed by atoms with Gasteiger partial charge in [0.1, 0.15) is 11.9 Å². The van der Waals surface area contributed by atoms with Crippen molar-refractivity contribution >= 4 is 11.6 Å². The number of carbonyl (C=O) groups is 1. The number of hydrogen-bond donors (Lipinski definition) is 1. The van der Waals surface area contributed by atoms with E-state index in [9.17, 15) is 4.79 Å². The van der Waals surface area contributed by atoms with Crippen molar-refractivity contribution in [2.45, 2.75) is 33.7 Å². The molecule has 1 atom stereocenters. The van der Waals surface area contributed by atoms with Crippen LogP contribution in [-0.2, 0) is 4.79 Å². The molecule has 7 heteroatoms. The molecule has 7 nitrogen and oxygen atoms in total. The summed E-state index contributed by atoms with van der Waals surface area (Å²) in [4.78, 5) is 21.2. The number of aromatic nitrogens is 5. The van der Waals surface area contributed by atoms with Gasteiger partial charge in [0.05, 0.1) is 11.4 Å². The van der Waals surface area contributed by atoms with Gasteiger partial charge in [-0.2, -0.15) is 5.10 Å². The van der Waals surface area contributed by atoms with Gasteiger partial charge in [0.2, 0.25) is 5.91 Å². The van der Waals surface area contributed by atoms with Gasteiger partial charge in [-0.1, -0.05) is 0 Å². The van der Waals surface area contributed by atoms with Crippen LogP contribution in [0.2, 0.25) is 0 Å². The molecule has 3 heterocycles. The maximum absolute atomic E-state index is 12.7. The molecule has 0 aromatic carbocycles. The Bertz CT molecular complexity index is 879. The topological polar surface area (TPSA) is 77.6 Å². The molecule has 1 amide bonds. The zero-order chi connectivity index (χ0) is 17.3. The second kappa shape index (κ2) is 6.27. The summed E-state index contributed by atoms with van der Waals surface area (Å²) in [5.41, 5.74) is 2.48. The van der Waals surface area contributed by atoms with Crippen molar-refractivity contribution in [3.8, 4) is 5.82 Å². The van der Waals surface area contributed by atoms with Crippen molar-refractivity contribution < 1.29 is 4.79 Å². The van der Waals surface area contributed by atoms with Crippen LogP contribution in [0.4, 0.5) is 5.69 Å². The molecule has 3 aromatic rings. The third kappa shape index (κ3) is 2.92. The van der Waals surface area contributed by atoms with Crippen LogP contribution in [0.1, 0.15) is 30.2 Å². The highest BCUT2D eigenvalue weighted by Gasteiger charge is 2.19. The molecule has 0 saturated carbocycles. The third-order valence-electron chi connectivity index (χ3n) is 3.89. The van der Waals surface area contributed by atoms with E-state index in [1.165, 1.54) is 0 Å². The first-order valence-corrected chi connectivity index (χ1v) is 7.76. The maximum atomic E-state index is 12.7. The molecule has 0 aliphatic carbocycles. The number of pyridine rings is 1. The average Bonchev–Trinajstić information content (AvgIpc) is 3.12. The molecule has 3 rings (SSSR count). The Kier molecular flexibility index (Phi) is 4.16. The molecule has 0 aliphatic rings. The second-order valence-corrected chi connectivity index (χ2v) is 5.76. The van der Waals surface area contributed by atoms with Crippen LogP contribution in [0.5, 0.6) is 0 Å². The molecule has 0 spiro atoms. The fourth-order valence-electron chi connectivity index (χ4n) is 2.67. The smallest absolute Gasteiger partial charge is 0.249 e. The van der Waals surface area contributed by atoms with Crippen molar-refractivity contribution in [1.82, 2.24) is 24.3 Å². The molecule has 3 aromatic heterocycles. The van der Waals surface area contributed by atoms with Crippen LogP contribution in [0.15, 0.2) is 36.8 Å². The lowest BCUT2D eigenvalue weighted by molar-refractivity contribution is -0.119. The molecule has 0 fully saturated rings. The van der Waals surface area contributed by atoms with Gasteiger partial charge in [0.15, 0.2) is 5.82 Å². The largest absolute Gasteiger partial charge is 0.321 e. The number of anilines is 1. The molecule has 1 N–H and O–H groups in total. The van der Waals surface area contributed by atoms with E-state index >= 15 is 0 Å². The first-order chi connectivity index (χ1) is 11.5. The van der Waals surface area contributed by atoms with Crippen molar-refractivity contribution in [2.75, 3.05) is 5.32 Å². The van der Waals surface area contributed by atoms with Crippen molar-refractivity contribution in [3.05, 3.63) is 54.0 Å².